The molecule has 0 radical (unpaired) electrons. The van der Waals surface area contributed by atoms with E-state index in [1.54, 1.807) is 24.3 Å². The fourth-order valence-electron chi connectivity index (χ4n) is 24.2. The molecule has 8 aliphatic carbocycles. The van der Waals surface area contributed by atoms with Gasteiger partial charge in [0.25, 0.3) is 0 Å². The lowest BCUT2D eigenvalue weighted by molar-refractivity contribution is -0.140. The summed E-state index contributed by atoms with van der Waals surface area (Å²) in [5, 5.41) is 11.6. The molecule has 0 spiro atoms. The molecule has 4 aromatic carbocycles. The number of benzene rings is 4. The Hall–Kier alpha value is -9.34. The molecule has 0 saturated heterocycles. The minimum absolute atomic E-state index is 0.0439. The first-order valence-electron chi connectivity index (χ1n) is 51.9. The number of fused-ring (bicyclic) bond motifs is 8. The molecule has 744 valence electrons. The van der Waals surface area contributed by atoms with Crippen LogP contribution >= 0.6 is 0 Å². The molecule has 4 aliphatic heterocycles. The fourth-order valence-corrected chi connectivity index (χ4v) is 24.2. The van der Waals surface area contributed by atoms with Crippen LogP contribution in [0.3, 0.4) is 0 Å². The Bertz CT molecular complexity index is 5090. The number of aryl methyl sites for hydroxylation is 1. The number of carbonyl (C=O) groups is 8. The summed E-state index contributed by atoms with van der Waals surface area (Å²) in [5.74, 6) is 4.35. The summed E-state index contributed by atoms with van der Waals surface area (Å²) in [6.45, 7) is 47.9. The molecular formula is C114H162F2N8O12. The zero-order valence-corrected chi connectivity index (χ0v) is 86.0. The zero-order chi connectivity index (χ0) is 98.3. The van der Waals surface area contributed by atoms with E-state index in [1.807, 2.05) is 95.2 Å². The molecule has 4 heterocycles. The van der Waals surface area contributed by atoms with Gasteiger partial charge in [0, 0.05) is 76.0 Å². The van der Waals surface area contributed by atoms with Gasteiger partial charge in [0.05, 0.1) is 24.2 Å². The molecular weight excluding hydrogens is 1710 g/mol. The third-order valence-corrected chi connectivity index (χ3v) is 30.3. The van der Waals surface area contributed by atoms with Gasteiger partial charge < -0.3 is 59.8 Å². The molecule has 8 amide bonds. The average Bonchev–Trinajstić information content (AvgIpc) is 1.62. The molecule has 20 nitrogen and oxygen atoms in total. The van der Waals surface area contributed by atoms with Gasteiger partial charge in [-0.15, -0.1) is 0 Å². The standard InChI is InChI=1S/C29H41FN2O3.C29H42N2O3.C28H39FN2O3.C28H40N2O3/c1-18(2)14-26-25-15-21-10-11-22(30)16-24(21)23(25)12-13-32(26)27(33)20-8-6-19(7-9-20)17-31-28(34)35-29(3,4)5;1-18(2)26-25-16-22-10-7-19(3)15-24(22)23(25)13-14-31(26)27(32)21-11-8-20(9-12-21)17-30-28(33)34-29(4,5)6;1-17(2)25-24-15-20-14-21(29)10-11-22(20)23(24)12-13-31(25)26(32)19-8-6-18(7-9-19)16-30-27(33)34-28(3,4)5;1-18(2)25-24-16-21-8-6-7-9-22(21)23(24)14-15-30(25)26(31)20-12-10-19(11-13-20)17-29-27(32)33-28(3,4)5/h10-11,16,18-20,26H,6-9,12-15,17H2,1-5H3,(H,31,34);7,10,15,18,20-21,26H,8-9,11-14,16-17H2,1-6H3,(H,30,33);10-11,14,17-19,25H,6-9,12-13,15-16H2,1-5H3,(H,30,33);6-9,18-20,25H,10-17H2,1-5H3,(H,29,32). The molecule has 4 atom stereocenters. The highest BCUT2D eigenvalue weighted by Crippen LogP contribution is 2.50. The first-order valence-corrected chi connectivity index (χ1v) is 51.9. The maximum absolute atomic E-state index is 14.0. The number of hydrogen-bond acceptors (Lipinski definition) is 12. The Balaban J connectivity index is 0.000000153. The number of nitrogens with zero attached hydrogens (tertiary/aromatic N) is 4. The topological polar surface area (TPSA) is 235 Å². The van der Waals surface area contributed by atoms with Crippen LogP contribution in [0.4, 0.5) is 28.0 Å². The van der Waals surface area contributed by atoms with Crippen LogP contribution < -0.4 is 21.3 Å². The van der Waals surface area contributed by atoms with Crippen LogP contribution in [-0.2, 0) is 63.8 Å². The SMILES string of the molecule is CC(C)C1C2=C(CCN1C(=O)C1CCC(CNC(=O)OC(C)(C)C)CC1)c1ccc(F)cc1C2.CC(C)C1C2=C(CCN1C(=O)C1CCC(CNC(=O)OC(C)(C)C)CC1)c1ccccc1C2.CC(C)CC1C2=C(CCN1C(=O)C1CCC(CNC(=O)OC(C)(C)C)CC1)c1cc(F)ccc1C2.Cc1ccc2c(c1)C1=C(C2)C(C(C)C)N(C(=O)C2CCC(CNC(=O)OC(C)(C)C)CC2)CC1. The Labute approximate surface area is 811 Å². The number of ether oxygens (including phenoxy) is 4. The quantitative estimate of drug-likeness (QED) is 0.0723. The van der Waals surface area contributed by atoms with Crippen molar-refractivity contribution in [2.24, 2.45) is 71.0 Å². The molecule has 22 heteroatoms. The number of amides is 8. The lowest BCUT2D eigenvalue weighted by Gasteiger charge is -2.42. The smallest absolute Gasteiger partial charge is 0.407 e. The van der Waals surface area contributed by atoms with Gasteiger partial charge in [-0.25, -0.2) is 28.0 Å². The first-order chi connectivity index (χ1) is 64.2. The molecule has 0 aromatic heterocycles. The van der Waals surface area contributed by atoms with Gasteiger partial charge in [-0.3, -0.25) is 19.2 Å². The summed E-state index contributed by atoms with van der Waals surface area (Å²) in [4.78, 5) is 111. The van der Waals surface area contributed by atoms with E-state index in [9.17, 15) is 47.1 Å². The van der Waals surface area contributed by atoms with Crippen LogP contribution in [0, 0.1) is 89.6 Å². The van der Waals surface area contributed by atoms with Gasteiger partial charge in [0.2, 0.25) is 23.6 Å². The maximum Gasteiger partial charge on any atom is 0.407 e. The first kappa shape index (κ1) is 104. The lowest BCUT2D eigenvalue weighted by atomic mass is 9.79. The molecule has 0 bridgehead atoms. The van der Waals surface area contributed by atoms with Gasteiger partial charge in [-0.05, 0) is 411 Å². The number of halogens is 2. The second kappa shape index (κ2) is 44.4. The highest BCUT2D eigenvalue weighted by molar-refractivity contribution is 5.89. The van der Waals surface area contributed by atoms with Crippen molar-refractivity contribution in [2.45, 2.75) is 352 Å². The normalized spacial score (nSPS) is 24.7. The van der Waals surface area contributed by atoms with E-state index in [4.69, 9.17) is 18.9 Å². The summed E-state index contributed by atoms with van der Waals surface area (Å²) < 4.78 is 49.2. The van der Waals surface area contributed by atoms with Crippen molar-refractivity contribution >= 4 is 70.3 Å². The number of carbonyl (C=O) groups excluding carboxylic acids is 8. The van der Waals surface area contributed by atoms with Crippen molar-refractivity contribution in [1.29, 1.82) is 0 Å². The number of alkyl carbamates (subject to hydrolysis) is 4. The van der Waals surface area contributed by atoms with Crippen molar-refractivity contribution < 1.29 is 66.1 Å². The number of rotatable bonds is 17. The van der Waals surface area contributed by atoms with Gasteiger partial charge in [0.15, 0.2) is 0 Å². The van der Waals surface area contributed by atoms with Gasteiger partial charge >= 0.3 is 24.4 Å². The number of hydrogen-bond donors (Lipinski definition) is 4. The average molecular weight is 1870 g/mol. The Morgan fingerprint density at radius 2 is 0.625 bits per heavy atom. The second-order valence-corrected chi connectivity index (χ2v) is 46.9. The van der Waals surface area contributed by atoms with Crippen LogP contribution in [-0.4, -0.2) is 167 Å². The molecule has 4 N–H and O–H groups in total. The van der Waals surface area contributed by atoms with E-state index in [-0.39, 0.29) is 95.7 Å². The maximum atomic E-state index is 14.0. The van der Waals surface area contributed by atoms with Gasteiger partial charge in [0.1, 0.15) is 34.0 Å². The highest BCUT2D eigenvalue weighted by Gasteiger charge is 2.47. The largest absolute Gasteiger partial charge is 0.444 e. The predicted molar refractivity (Wildman–Crippen MR) is 536 cm³/mol. The summed E-state index contributed by atoms with van der Waals surface area (Å²) in [7, 11) is 0. The van der Waals surface area contributed by atoms with Crippen molar-refractivity contribution in [1.82, 2.24) is 40.9 Å². The van der Waals surface area contributed by atoms with E-state index >= 15 is 0 Å². The fraction of sp³-hybridized carbons (Fsp3) is 0.649. The van der Waals surface area contributed by atoms with Crippen molar-refractivity contribution in [3.05, 3.63) is 163 Å². The van der Waals surface area contributed by atoms with Crippen LogP contribution in [0.1, 0.15) is 323 Å². The van der Waals surface area contributed by atoms with Crippen molar-refractivity contribution in [3.8, 4) is 0 Å². The van der Waals surface area contributed by atoms with E-state index in [0.717, 1.165) is 191 Å². The van der Waals surface area contributed by atoms with E-state index < -0.39 is 22.4 Å². The van der Waals surface area contributed by atoms with Crippen molar-refractivity contribution in [2.75, 3.05) is 52.4 Å². The van der Waals surface area contributed by atoms with Crippen LogP contribution in [0.15, 0.2) is 101 Å². The molecule has 4 fully saturated rings. The summed E-state index contributed by atoms with van der Waals surface area (Å²) >= 11 is 0. The molecule has 136 heavy (non-hydrogen) atoms. The molecule has 4 aromatic rings. The van der Waals surface area contributed by atoms with Crippen molar-refractivity contribution in [3.63, 3.8) is 0 Å². The Morgan fingerprint density at radius 3 is 0.985 bits per heavy atom. The monoisotopic (exact) mass is 1870 g/mol. The molecule has 12 aliphatic rings. The minimum Gasteiger partial charge on any atom is -0.444 e. The lowest BCUT2D eigenvalue weighted by Crippen LogP contribution is -2.50. The third kappa shape index (κ3) is 26.4. The summed E-state index contributed by atoms with van der Waals surface area (Å²) in [6.07, 6.45) is 21.4. The zero-order valence-electron chi connectivity index (χ0n) is 86.0. The highest BCUT2D eigenvalue weighted by atomic mass is 19.1. The summed E-state index contributed by atoms with van der Waals surface area (Å²) in [6, 6.07) is 26.4. The number of nitrogens with one attached hydrogen (secondary N) is 4. The van der Waals surface area contributed by atoms with E-state index in [1.165, 1.54) is 83.5 Å². The van der Waals surface area contributed by atoms with Crippen LogP contribution in [0.25, 0.3) is 22.3 Å². The predicted octanol–water partition coefficient (Wildman–Crippen LogP) is 23.3. The second-order valence-electron chi connectivity index (χ2n) is 46.9. The van der Waals surface area contributed by atoms with Crippen LogP contribution in [0.5, 0.6) is 0 Å². The summed E-state index contributed by atoms with van der Waals surface area (Å²) in [5.41, 5.74) is 20.7. The Kier molecular flexibility index (Phi) is 34.0. The third-order valence-electron chi connectivity index (χ3n) is 30.3. The van der Waals surface area contributed by atoms with Gasteiger partial charge in [-0.1, -0.05) is 116 Å². The van der Waals surface area contributed by atoms with E-state index in [2.05, 4.69) is 146 Å². The molecule has 4 saturated carbocycles. The molecule has 16 rings (SSSR count). The Morgan fingerprint density at radius 1 is 0.338 bits per heavy atom. The van der Waals surface area contributed by atoms with E-state index in [0.29, 0.717) is 91.9 Å². The minimum atomic E-state index is -0.501. The van der Waals surface area contributed by atoms with Crippen LogP contribution in [0.2, 0.25) is 0 Å². The molecule has 4 unspecified atom stereocenters. The van der Waals surface area contributed by atoms with Gasteiger partial charge in [-0.2, -0.15) is 0 Å².